The van der Waals surface area contributed by atoms with Crippen LogP contribution >= 0.6 is 0 Å². The van der Waals surface area contributed by atoms with Crippen molar-refractivity contribution >= 4 is 0 Å². The second-order valence-electron chi connectivity index (χ2n) is 7.90. The molecule has 168 valence electrons. The molecule has 1 N–H and O–H groups in total. The molecule has 2 aliphatic heterocycles. The molecule has 2 aliphatic rings. The average molecular weight is 445 g/mol. The number of aliphatic hydroxyl groups is 1. The summed E-state index contributed by atoms with van der Waals surface area (Å²) in [6.07, 6.45) is 1.97. The van der Waals surface area contributed by atoms with Gasteiger partial charge in [-0.25, -0.2) is 9.78 Å². The standard InChI is InChI=1S/C25H23N3O5/c1-2-18(29)7-5-16-6-8-20-17(12-16)9-11-28-21(20)13-23(27-25(28)30)31-14-19-15-32-24-22(33-19)4-3-10-26-24/h3-4,6,8,10,12-13,18-19,29H,2,9,11,14-15H2,1H3. The second-order valence-corrected chi connectivity index (χ2v) is 7.90. The zero-order valence-corrected chi connectivity index (χ0v) is 18.2. The first-order valence-corrected chi connectivity index (χ1v) is 10.9. The van der Waals surface area contributed by atoms with E-state index >= 15 is 0 Å². The Morgan fingerprint density at radius 1 is 1.33 bits per heavy atom. The minimum atomic E-state index is -0.630. The third-order valence-electron chi connectivity index (χ3n) is 5.60. The highest BCUT2D eigenvalue weighted by Gasteiger charge is 2.24. The number of aryl methyl sites for hydroxylation is 1. The van der Waals surface area contributed by atoms with Gasteiger partial charge in [-0.2, -0.15) is 4.98 Å². The van der Waals surface area contributed by atoms with Crippen molar-refractivity contribution in [3.63, 3.8) is 0 Å². The topological polar surface area (TPSA) is 95.7 Å². The molecule has 0 radical (unpaired) electrons. The summed E-state index contributed by atoms with van der Waals surface area (Å²) in [7, 11) is 0. The van der Waals surface area contributed by atoms with Crippen LogP contribution < -0.4 is 19.9 Å². The van der Waals surface area contributed by atoms with E-state index in [1.165, 1.54) is 0 Å². The van der Waals surface area contributed by atoms with Crippen LogP contribution in [0.1, 0.15) is 24.5 Å². The van der Waals surface area contributed by atoms with Crippen LogP contribution in [0.2, 0.25) is 0 Å². The lowest BCUT2D eigenvalue weighted by molar-refractivity contribution is 0.0486. The van der Waals surface area contributed by atoms with Crippen LogP contribution in [0.4, 0.5) is 0 Å². The zero-order valence-electron chi connectivity index (χ0n) is 18.2. The lowest BCUT2D eigenvalue weighted by atomic mass is 9.95. The molecule has 2 aromatic heterocycles. The molecule has 8 heteroatoms. The predicted molar refractivity (Wildman–Crippen MR) is 120 cm³/mol. The first-order chi connectivity index (χ1) is 16.1. The molecule has 3 aromatic rings. The number of hydrogen-bond donors (Lipinski definition) is 1. The van der Waals surface area contributed by atoms with Crippen LogP contribution in [0.3, 0.4) is 0 Å². The summed E-state index contributed by atoms with van der Waals surface area (Å²) in [6, 6.07) is 11.2. The molecule has 1 aromatic carbocycles. The molecule has 0 fully saturated rings. The van der Waals surface area contributed by atoms with Crippen LogP contribution in [0.25, 0.3) is 11.3 Å². The Kier molecular flexibility index (Phi) is 5.71. The highest BCUT2D eigenvalue weighted by atomic mass is 16.6. The third kappa shape index (κ3) is 4.41. The van der Waals surface area contributed by atoms with E-state index in [0.29, 0.717) is 37.6 Å². The number of rotatable bonds is 4. The van der Waals surface area contributed by atoms with Crippen LogP contribution in [0.5, 0.6) is 17.5 Å². The molecule has 2 unspecified atom stereocenters. The molecule has 2 atom stereocenters. The van der Waals surface area contributed by atoms with Crippen molar-refractivity contribution in [2.75, 3.05) is 13.2 Å². The molecule has 5 rings (SSSR count). The number of aliphatic hydroxyl groups excluding tert-OH is 1. The number of benzene rings is 1. The quantitative estimate of drug-likeness (QED) is 0.615. The van der Waals surface area contributed by atoms with E-state index in [1.54, 1.807) is 29.0 Å². The molecule has 4 heterocycles. The van der Waals surface area contributed by atoms with Gasteiger partial charge in [0.05, 0.1) is 5.69 Å². The maximum atomic E-state index is 12.6. The van der Waals surface area contributed by atoms with Gasteiger partial charge < -0.3 is 19.3 Å². The van der Waals surface area contributed by atoms with Crippen molar-refractivity contribution in [2.24, 2.45) is 0 Å². The minimum Gasteiger partial charge on any atom is -0.478 e. The summed E-state index contributed by atoms with van der Waals surface area (Å²) in [5.41, 5.74) is 3.29. The van der Waals surface area contributed by atoms with Crippen LogP contribution in [-0.2, 0) is 13.0 Å². The van der Waals surface area contributed by atoms with Crippen molar-refractivity contribution in [3.05, 3.63) is 64.2 Å². The Morgan fingerprint density at radius 2 is 2.24 bits per heavy atom. The Morgan fingerprint density at radius 3 is 3.12 bits per heavy atom. The van der Waals surface area contributed by atoms with Crippen LogP contribution in [0, 0.1) is 11.8 Å². The van der Waals surface area contributed by atoms with E-state index in [2.05, 4.69) is 21.8 Å². The molecule has 0 saturated carbocycles. The number of aromatic nitrogens is 3. The molecule has 0 saturated heterocycles. The fraction of sp³-hybridized carbons (Fsp3) is 0.320. The van der Waals surface area contributed by atoms with Gasteiger partial charge in [0.2, 0.25) is 5.88 Å². The Hall–Kier alpha value is -3.83. The number of nitrogens with zero attached hydrogens (tertiary/aromatic N) is 3. The maximum Gasteiger partial charge on any atom is 0.351 e. The van der Waals surface area contributed by atoms with Gasteiger partial charge in [-0.15, -0.1) is 0 Å². The lowest BCUT2D eigenvalue weighted by Crippen LogP contribution is -2.35. The van der Waals surface area contributed by atoms with Crippen molar-refractivity contribution in [2.45, 2.75) is 38.5 Å². The van der Waals surface area contributed by atoms with Gasteiger partial charge in [0.15, 0.2) is 11.9 Å². The number of pyridine rings is 1. The van der Waals surface area contributed by atoms with Gasteiger partial charge in [-0.1, -0.05) is 24.8 Å². The van der Waals surface area contributed by atoms with Crippen molar-refractivity contribution < 1.29 is 19.3 Å². The molecule has 33 heavy (non-hydrogen) atoms. The minimum absolute atomic E-state index is 0.186. The van der Waals surface area contributed by atoms with Gasteiger partial charge in [0.25, 0.3) is 5.88 Å². The Bertz CT molecular complexity index is 1310. The first-order valence-electron chi connectivity index (χ1n) is 10.9. The molecule has 0 bridgehead atoms. The fourth-order valence-corrected chi connectivity index (χ4v) is 3.85. The Balaban J connectivity index is 1.35. The van der Waals surface area contributed by atoms with E-state index < -0.39 is 6.10 Å². The third-order valence-corrected chi connectivity index (χ3v) is 5.60. The van der Waals surface area contributed by atoms with E-state index in [4.69, 9.17) is 14.2 Å². The van der Waals surface area contributed by atoms with E-state index in [9.17, 15) is 9.90 Å². The highest BCUT2D eigenvalue weighted by molar-refractivity contribution is 5.68. The zero-order chi connectivity index (χ0) is 22.8. The monoisotopic (exact) mass is 445 g/mol. The molecular weight excluding hydrogens is 422 g/mol. The second kappa shape index (κ2) is 8.96. The van der Waals surface area contributed by atoms with Gasteiger partial charge in [-0.3, -0.25) is 4.57 Å². The van der Waals surface area contributed by atoms with Gasteiger partial charge >= 0.3 is 5.69 Å². The normalized spacial score (nSPS) is 16.6. The van der Waals surface area contributed by atoms with Crippen LogP contribution in [-0.4, -0.2) is 45.1 Å². The summed E-state index contributed by atoms with van der Waals surface area (Å²) >= 11 is 0. The Labute approximate surface area is 190 Å². The predicted octanol–water partition coefficient (Wildman–Crippen LogP) is 2.20. The first kappa shape index (κ1) is 21.0. The summed E-state index contributed by atoms with van der Waals surface area (Å²) < 4.78 is 18.9. The summed E-state index contributed by atoms with van der Waals surface area (Å²) in [4.78, 5) is 20.9. The summed E-state index contributed by atoms with van der Waals surface area (Å²) in [5, 5.41) is 9.69. The number of ether oxygens (including phenoxy) is 3. The molecule has 8 nitrogen and oxygen atoms in total. The largest absolute Gasteiger partial charge is 0.478 e. The van der Waals surface area contributed by atoms with Gasteiger partial charge in [0.1, 0.15) is 19.3 Å². The van der Waals surface area contributed by atoms with Crippen LogP contribution in [0.15, 0.2) is 47.4 Å². The van der Waals surface area contributed by atoms with Gasteiger partial charge in [0, 0.05) is 29.9 Å². The highest BCUT2D eigenvalue weighted by Crippen LogP contribution is 2.31. The SMILES string of the molecule is CCC(O)C#Cc1ccc2c(c1)CCn1c-2cc(OCC2COc3ncccc3O2)nc1=O. The average Bonchev–Trinajstić information content (AvgIpc) is 2.85. The maximum absolute atomic E-state index is 12.6. The smallest absolute Gasteiger partial charge is 0.351 e. The van der Waals surface area contributed by atoms with Crippen molar-refractivity contribution in [1.82, 2.24) is 14.5 Å². The number of fused-ring (bicyclic) bond motifs is 4. The van der Waals surface area contributed by atoms with Crippen molar-refractivity contribution in [3.8, 4) is 40.6 Å². The summed E-state index contributed by atoms with van der Waals surface area (Å²) in [6.45, 7) is 2.91. The number of hydrogen-bond acceptors (Lipinski definition) is 7. The van der Waals surface area contributed by atoms with E-state index in [0.717, 1.165) is 22.4 Å². The fourth-order valence-electron chi connectivity index (χ4n) is 3.85. The molecule has 0 aliphatic carbocycles. The molecule has 0 spiro atoms. The van der Waals surface area contributed by atoms with E-state index in [-0.39, 0.29) is 24.3 Å². The van der Waals surface area contributed by atoms with Gasteiger partial charge in [-0.05, 0) is 42.7 Å². The molecule has 0 amide bonds. The molecular formula is C25H23N3O5. The van der Waals surface area contributed by atoms with Crippen molar-refractivity contribution in [1.29, 1.82) is 0 Å². The summed E-state index contributed by atoms with van der Waals surface area (Å²) in [5.74, 6) is 7.13. The van der Waals surface area contributed by atoms with E-state index in [1.807, 2.05) is 25.1 Å². The lowest BCUT2D eigenvalue weighted by Gasteiger charge is -2.25.